The number of benzene rings is 2. The Balaban J connectivity index is 0.000000356. The number of hydrogen-bond acceptors (Lipinski definition) is 2. The summed E-state index contributed by atoms with van der Waals surface area (Å²) in [7, 11) is -4.64. The van der Waals surface area contributed by atoms with Gasteiger partial charge in [0.05, 0.1) is 0 Å². The Morgan fingerprint density at radius 3 is 2.14 bits per heavy atom. The van der Waals surface area contributed by atoms with Crippen LogP contribution in [0.1, 0.15) is 23.7 Å². The van der Waals surface area contributed by atoms with Crippen LogP contribution in [0.25, 0.3) is 0 Å². The molecule has 0 fully saturated rings. The molecule has 3 rings (SSSR count). The van der Waals surface area contributed by atoms with Crippen molar-refractivity contribution in [1.29, 1.82) is 0 Å². The Morgan fingerprint density at radius 2 is 1.50 bits per heavy atom. The SMILES string of the molecule is O=P(O)(O)O.[NaH].c1ccc(C2CCc3ccccc3O2)cc1. The molecule has 0 saturated carbocycles. The Bertz CT molecular complexity index is 621. The van der Waals surface area contributed by atoms with E-state index in [1.54, 1.807) is 0 Å². The Labute approximate surface area is 151 Å². The monoisotopic (exact) mass is 332 g/mol. The fourth-order valence-electron chi connectivity index (χ4n) is 2.23. The van der Waals surface area contributed by atoms with E-state index >= 15 is 0 Å². The number of ether oxygens (including phenoxy) is 1. The van der Waals surface area contributed by atoms with Crippen LogP contribution >= 0.6 is 7.82 Å². The van der Waals surface area contributed by atoms with Gasteiger partial charge < -0.3 is 19.4 Å². The van der Waals surface area contributed by atoms with Gasteiger partial charge in [-0.3, -0.25) is 0 Å². The molecule has 0 saturated heterocycles. The first-order chi connectivity index (χ1) is 9.93. The van der Waals surface area contributed by atoms with E-state index in [4.69, 9.17) is 24.0 Å². The van der Waals surface area contributed by atoms with E-state index in [1.165, 1.54) is 11.1 Å². The zero-order chi connectivity index (χ0) is 15.3. The number of para-hydroxylation sites is 1. The predicted octanol–water partition coefficient (Wildman–Crippen LogP) is 2.18. The smallest absolute Gasteiger partial charge is 0.124 e. The first-order valence-corrected chi connectivity index (χ1v) is 8.08. The molecule has 0 radical (unpaired) electrons. The molecule has 1 aliphatic heterocycles. The molecule has 0 aliphatic carbocycles. The van der Waals surface area contributed by atoms with Crippen molar-refractivity contribution < 1.29 is 24.0 Å². The van der Waals surface area contributed by atoms with E-state index in [-0.39, 0.29) is 35.7 Å². The first-order valence-electron chi connectivity index (χ1n) is 6.51. The van der Waals surface area contributed by atoms with Crippen molar-refractivity contribution in [2.45, 2.75) is 18.9 Å². The standard InChI is InChI=1S/C15H14O.Na.H3O4P.H/c1-2-6-12(7-3-1)15-11-10-13-8-4-5-9-14(13)16-15;;1-5(2,3)4;/h1-9,15H,10-11H2;;(H3,1,2,3,4);. The van der Waals surface area contributed by atoms with Crippen LogP contribution in [-0.4, -0.2) is 44.2 Å². The molecule has 5 nitrogen and oxygen atoms in total. The predicted molar refractivity (Wildman–Crippen MR) is 86.0 cm³/mol. The third-order valence-corrected chi connectivity index (χ3v) is 3.09. The Kier molecular flexibility index (Phi) is 7.80. The van der Waals surface area contributed by atoms with Crippen molar-refractivity contribution in [3.63, 3.8) is 0 Å². The topological polar surface area (TPSA) is 87.0 Å². The minimum absolute atomic E-state index is 0. The van der Waals surface area contributed by atoms with Gasteiger partial charge in [-0.15, -0.1) is 0 Å². The fraction of sp³-hybridized carbons (Fsp3) is 0.200. The zero-order valence-electron chi connectivity index (χ0n) is 11.3. The van der Waals surface area contributed by atoms with E-state index in [0.29, 0.717) is 0 Å². The molecule has 3 N–H and O–H groups in total. The summed E-state index contributed by atoms with van der Waals surface area (Å²) in [5.41, 5.74) is 2.60. The summed E-state index contributed by atoms with van der Waals surface area (Å²) in [6.07, 6.45) is 2.40. The van der Waals surface area contributed by atoms with Crippen LogP contribution in [-0.2, 0) is 11.0 Å². The third-order valence-electron chi connectivity index (χ3n) is 3.09. The van der Waals surface area contributed by atoms with Gasteiger partial charge in [0.1, 0.15) is 11.9 Å². The van der Waals surface area contributed by atoms with Crippen LogP contribution < -0.4 is 4.74 Å². The number of aryl methyl sites for hydroxylation is 1. The summed E-state index contributed by atoms with van der Waals surface area (Å²) in [5, 5.41) is 0. The normalized spacial score (nSPS) is 16.2. The van der Waals surface area contributed by atoms with Crippen LogP contribution in [0, 0.1) is 0 Å². The quantitative estimate of drug-likeness (QED) is 0.550. The molecule has 7 heteroatoms. The molecule has 1 atom stereocenters. The molecular weight excluding hydrogens is 314 g/mol. The number of hydrogen-bond donors (Lipinski definition) is 3. The van der Waals surface area contributed by atoms with Gasteiger partial charge in [-0.25, -0.2) is 4.57 Å². The van der Waals surface area contributed by atoms with E-state index in [9.17, 15) is 0 Å². The number of phosphoric acid groups is 1. The summed E-state index contributed by atoms with van der Waals surface area (Å²) in [5.74, 6) is 1.04. The van der Waals surface area contributed by atoms with Crippen molar-refractivity contribution >= 4 is 37.4 Å². The fourth-order valence-corrected chi connectivity index (χ4v) is 2.23. The van der Waals surface area contributed by atoms with Crippen LogP contribution in [0.2, 0.25) is 0 Å². The summed E-state index contributed by atoms with van der Waals surface area (Å²) in [6.45, 7) is 0. The van der Waals surface area contributed by atoms with Gasteiger partial charge in [-0.2, -0.15) is 0 Å². The summed E-state index contributed by atoms with van der Waals surface area (Å²) >= 11 is 0. The van der Waals surface area contributed by atoms with Crippen molar-refractivity contribution in [2.75, 3.05) is 0 Å². The third kappa shape index (κ3) is 6.63. The van der Waals surface area contributed by atoms with Gasteiger partial charge in [-0.1, -0.05) is 48.5 Å². The second kappa shape index (κ2) is 8.85. The van der Waals surface area contributed by atoms with Gasteiger partial charge >= 0.3 is 37.4 Å². The van der Waals surface area contributed by atoms with Gasteiger partial charge in [-0.05, 0) is 30.0 Å². The van der Waals surface area contributed by atoms with E-state index in [0.717, 1.165) is 18.6 Å². The maximum Gasteiger partial charge on any atom is 0.124 e. The average molecular weight is 332 g/mol. The Morgan fingerprint density at radius 1 is 0.955 bits per heavy atom. The van der Waals surface area contributed by atoms with Crippen LogP contribution in [0.5, 0.6) is 5.75 Å². The van der Waals surface area contributed by atoms with Crippen molar-refractivity contribution in [3.05, 3.63) is 65.7 Å². The Hall–Kier alpha value is -0.650. The minimum Gasteiger partial charge on any atom is -0.485 e. The second-order valence-electron chi connectivity index (χ2n) is 4.68. The van der Waals surface area contributed by atoms with Gasteiger partial charge in [0.2, 0.25) is 0 Å². The molecule has 0 aromatic heterocycles. The second-order valence-corrected chi connectivity index (χ2v) is 5.70. The molecule has 0 amide bonds. The van der Waals surface area contributed by atoms with Gasteiger partial charge in [0, 0.05) is 0 Å². The van der Waals surface area contributed by atoms with E-state index in [2.05, 4.69) is 42.5 Å². The molecule has 0 spiro atoms. The van der Waals surface area contributed by atoms with E-state index in [1.807, 2.05) is 12.1 Å². The molecule has 1 heterocycles. The number of fused-ring (bicyclic) bond motifs is 1. The molecular formula is C15H18NaO5P. The maximum absolute atomic E-state index is 8.88. The number of rotatable bonds is 1. The summed E-state index contributed by atoms with van der Waals surface area (Å²) in [6, 6.07) is 18.8. The van der Waals surface area contributed by atoms with Crippen LogP contribution in [0.4, 0.5) is 0 Å². The van der Waals surface area contributed by atoms with Crippen molar-refractivity contribution in [3.8, 4) is 5.75 Å². The molecule has 0 bridgehead atoms. The zero-order valence-corrected chi connectivity index (χ0v) is 12.2. The largest absolute Gasteiger partial charge is 0.485 e. The first kappa shape index (κ1) is 19.4. The van der Waals surface area contributed by atoms with E-state index < -0.39 is 7.82 Å². The van der Waals surface area contributed by atoms with Gasteiger partial charge in [0.25, 0.3) is 0 Å². The van der Waals surface area contributed by atoms with Crippen LogP contribution in [0.3, 0.4) is 0 Å². The molecule has 1 unspecified atom stereocenters. The average Bonchev–Trinajstić information content (AvgIpc) is 2.46. The molecule has 114 valence electrons. The molecule has 1 aliphatic rings. The van der Waals surface area contributed by atoms with Gasteiger partial charge in [0.15, 0.2) is 0 Å². The van der Waals surface area contributed by atoms with Crippen LogP contribution in [0.15, 0.2) is 54.6 Å². The maximum atomic E-state index is 8.88. The molecule has 22 heavy (non-hydrogen) atoms. The van der Waals surface area contributed by atoms with Crippen molar-refractivity contribution in [1.82, 2.24) is 0 Å². The molecule has 2 aromatic rings. The summed E-state index contributed by atoms with van der Waals surface area (Å²) in [4.78, 5) is 21.6. The molecule has 2 aromatic carbocycles. The minimum atomic E-state index is -4.64. The summed E-state index contributed by atoms with van der Waals surface area (Å²) < 4.78 is 14.9. The van der Waals surface area contributed by atoms with Crippen molar-refractivity contribution in [2.24, 2.45) is 0 Å².